The van der Waals surface area contributed by atoms with E-state index in [4.69, 9.17) is 4.74 Å². The van der Waals surface area contributed by atoms with Crippen molar-refractivity contribution >= 4 is 5.91 Å². The van der Waals surface area contributed by atoms with Gasteiger partial charge < -0.3 is 19.6 Å². The molecular weight excluding hydrogens is 469 g/mol. The molecule has 36 heavy (non-hydrogen) atoms. The molecule has 0 spiro atoms. The number of aliphatic hydroxyl groups excluding tert-OH is 1. The van der Waals surface area contributed by atoms with Gasteiger partial charge in [0.1, 0.15) is 17.3 Å². The highest BCUT2D eigenvalue weighted by Crippen LogP contribution is 2.38. The number of aliphatic hydroxyl groups is 1. The van der Waals surface area contributed by atoms with Crippen molar-refractivity contribution in [3.8, 4) is 0 Å². The second kappa shape index (κ2) is 11.1. The second-order valence-corrected chi connectivity index (χ2v) is 11.0. The predicted molar refractivity (Wildman–Crippen MR) is 132 cm³/mol. The van der Waals surface area contributed by atoms with E-state index < -0.39 is 40.8 Å². The van der Waals surface area contributed by atoms with Crippen LogP contribution < -0.4 is 0 Å². The maximum atomic E-state index is 15.5. The lowest BCUT2D eigenvalue weighted by molar-refractivity contribution is -0.152. The fourth-order valence-corrected chi connectivity index (χ4v) is 5.42. The standard InChI is InChI=1S/C28H37F3N2O3/c1-27(2,31)19-32-14-10-20(11-15-32)18-36-28(26(35)33-13-5-6-21(34)17-33)12-9-23(25(30)16-28)22-7-3-4-8-24(22)29/h3-4,7-9,12,16,20-21,23,34H,5-6,10-11,13-15,17-19H2,1-2H3. The molecule has 2 fully saturated rings. The van der Waals surface area contributed by atoms with Crippen LogP contribution in [-0.4, -0.2) is 77.5 Å². The summed E-state index contributed by atoms with van der Waals surface area (Å²) in [5.41, 5.74) is -2.72. The van der Waals surface area contributed by atoms with Gasteiger partial charge in [-0.2, -0.15) is 0 Å². The van der Waals surface area contributed by atoms with Crippen molar-refractivity contribution in [3.05, 3.63) is 59.7 Å². The van der Waals surface area contributed by atoms with Crippen LogP contribution >= 0.6 is 0 Å². The molecule has 8 heteroatoms. The van der Waals surface area contributed by atoms with Crippen LogP contribution in [0.15, 0.2) is 48.3 Å². The lowest BCUT2D eigenvalue weighted by atomic mass is 9.85. The minimum atomic E-state index is -1.65. The zero-order chi connectivity index (χ0) is 25.9. The van der Waals surface area contributed by atoms with E-state index in [2.05, 4.69) is 4.90 Å². The number of likely N-dealkylation sites (tertiary alicyclic amines) is 2. The number of β-amino-alcohol motifs (C(OH)–C–C–N with tert-alkyl or cyclic N) is 1. The molecule has 1 amide bonds. The molecule has 3 aliphatic rings. The minimum Gasteiger partial charge on any atom is -0.391 e. The number of hydrogen-bond acceptors (Lipinski definition) is 4. The summed E-state index contributed by atoms with van der Waals surface area (Å²) in [6, 6.07) is 6.01. The van der Waals surface area contributed by atoms with E-state index in [1.807, 2.05) is 0 Å². The van der Waals surface area contributed by atoms with Crippen molar-refractivity contribution < 1.29 is 27.8 Å². The third kappa shape index (κ3) is 6.39. The van der Waals surface area contributed by atoms with Crippen LogP contribution in [0.1, 0.15) is 51.0 Å². The predicted octanol–water partition coefficient (Wildman–Crippen LogP) is 4.53. The Kier molecular flexibility index (Phi) is 8.27. The number of piperidine rings is 2. The molecular formula is C28H37F3N2O3. The molecule has 198 valence electrons. The number of nitrogens with zero attached hydrogens (tertiary/aromatic N) is 2. The van der Waals surface area contributed by atoms with Crippen LogP contribution in [-0.2, 0) is 9.53 Å². The molecule has 1 N–H and O–H groups in total. The number of halogens is 3. The van der Waals surface area contributed by atoms with E-state index in [-0.39, 0.29) is 24.6 Å². The molecule has 1 aromatic rings. The van der Waals surface area contributed by atoms with Crippen LogP contribution in [0, 0.1) is 11.7 Å². The average Bonchev–Trinajstić information content (AvgIpc) is 2.83. The van der Waals surface area contributed by atoms with Gasteiger partial charge in [0.25, 0.3) is 5.91 Å². The number of carbonyl (C=O) groups excluding carboxylic acids is 1. The Morgan fingerprint density at radius 1 is 1.17 bits per heavy atom. The van der Waals surface area contributed by atoms with Crippen molar-refractivity contribution in [3.63, 3.8) is 0 Å². The Hall–Kier alpha value is -2.16. The van der Waals surface area contributed by atoms with Crippen LogP contribution in [0.4, 0.5) is 13.2 Å². The summed E-state index contributed by atoms with van der Waals surface area (Å²) in [5, 5.41) is 10.1. The number of rotatable bonds is 7. The van der Waals surface area contributed by atoms with Gasteiger partial charge in [-0.3, -0.25) is 4.79 Å². The van der Waals surface area contributed by atoms with E-state index in [0.29, 0.717) is 25.9 Å². The molecule has 5 nitrogen and oxygen atoms in total. The van der Waals surface area contributed by atoms with Crippen LogP contribution in [0.2, 0.25) is 0 Å². The molecule has 0 radical (unpaired) electrons. The first-order chi connectivity index (χ1) is 17.1. The summed E-state index contributed by atoms with van der Waals surface area (Å²) in [5.74, 6) is -2.37. The van der Waals surface area contributed by atoms with E-state index in [1.165, 1.54) is 35.3 Å². The number of amides is 1. The largest absolute Gasteiger partial charge is 0.391 e. The molecule has 0 bridgehead atoms. The van der Waals surface area contributed by atoms with Gasteiger partial charge in [-0.15, -0.1) is 0 Å². The molecule has 2 heterocycles. The summed E-state index contributed by atoms with van der Waals surface area (Å²) in [6.45, 7) is 5.84. The number of benzene rings is 1. The Bertz CT molecular complexity index is 984. The summed E-state index contributed by atoms with van der Waals surface area (Å²) in [6.07, 6.45) is 6.43. The third-order valence-electron chi connectivity index (χ3n) is 7.31. The van der Waals surface area contributed by atoms with E-state index in [1.54, 1.807) is 26.0 Å². The molecule has 2 saturated heterocycles. The molecule has 2 aliphatic heterocycles. The van der Waals surface area contributed by atoms with E-state index in [0.717, 1.165) is 25.9 Å². The monoisotopic (exact) mass is 506 g/mol. The maximum absolute atomic E-state index is 15.5. The highest BCUT2D eigenvalue weighted by Gasteiger charge is 2.44. The van der Waals surface area contributed by atoms with Crippen LogP contribution in [0.25, 0.3) is 0 Å². The first kappa shape index (κ1) is 26.9. The normalized spacial score (nSPS) is 28.3. The Morgan fingerprint density at radius 3 is 2.53 bits per heavy atom. The van der Waals surface area contributed by atoms with Gasteiger partial charge in [0.15, 0.2) is 5.60 Å². The summed E-state index contributed by atoms with van der Waals surface area (Å²) in [4.78, 5) is 17.3. The van der Waals surface area contributed by atoms with Gasteiger partial charge in [0, 0.05) is 25.2 Å². The topological polar surface area (TPSA) is 53.0 Å². The van der Waals surface area contributed by atoms with Crippen molar-refractivity contribution in [1.82, 2.24) is 9.80 Å². The maximum Gasteiger partial charge on any atom is 0.263 e. The van der Waals surface area contributed by atoms with Gasteiger partial charge in [-0.25, -0.2) is 13.2 Å². The first-order valence-corrected chi connectivity index (χ1v) is 12.9. The molecule has 0 aromatic heterocycles. The van der Waals surface area contributed by atoms with Crippen LogP contribution in [0.3, 0.4) is 0 Å². The molecule has 4 rings (SSSR count). The van der Waals surface area contributed by atoms with Gasteiger partial charge in [-0.05, 0) is 76.8 Å². The smallest absolute Gasteiger partial charge is 0.263 e. The molecule has 1 aromatic carbocycles. The fraction of sp³-hybridized carbons (Fsp3) is 0.607. The van der Waals surface area contributed by atoms with Gasteiger partial charge in [0.05, 0.1) is 18.6 Å². The lowest BCUT2D eigenvalue weighted by Gasteiger charge is -2.40. The van der Waals surface area contributed by atoms with Crippen LogP contribution in [0.5, 0.6) is 0 Å². The van der Waals surface area contributed by atoms with Gasteiger partial charge >= 0.3 is 0 Å². The SMILES string of the molecule is CC(C)(F)CN1CCC(COC2(C(=O)N3CCCC(O)C3)C=CC(c3ccccc3F)C(F)=C2)CC1. The van der Waals surface area contributed by atoms with Crippen molar-refractivity contribution in [2.24, 2.45) is 5.92 Å². The first-order valence-electron chi connectivity index (χ1n) is 12.9. The summed E-state index contributed by atoms with van der Waals surface area (Å²) in [7, 11) is 0. The summed E-state index contributed by atoms with van der Waals surface area (Å²) < 4.78 is 50.1. The van der Waals surface area contributed by atoms with Gasteiger partial charge in [0.2, 0.25) is 0 Å². The van der Waals surface area contributed by atoms with Gasteiger partial charge in [-0.1, -0.05) is 24.3 Å². The Morgan fingerprint density at radius 2 is 1.89 bits per heavy atom. The number of carbonyl (C=O) groups is 1. The highest BCUT2D eigenvalue weighted by atomic mass is 19.1. The lowest BCUT2D eigenvalue weighted by Crippen LogP contribution is -2.54. The number of alkyl halides is 1. The molecule has 0 saturated carbocycles. The Labute approximate surface area is 211 Å². The number of allylic oxidation sites excluding steroid dienone is 2. The molecule has 1 aliphatic carbocycles. The third-order valence-corrected chi connectivity index (χ3v) is 7.31. The van der Waals surface area contributed by atoms with E-state index in [9.17, 15) is 18.7 Å². The highest BCUT2D eigenvalue weighted by molar-refractivity contribution is 5.90. The second-order valence-electron chi connectivity index (χ2n) is 11.0. The Balaban J connectivity index is 1.50. The fourth-order valence-electron chi connectivity index (χ4n) is 5.42. The quantitative estimate of drug-likeness (QED) is 0.552. The average molecular weight is 507 g/mol. The molecule has 3 atom stereocenters. The van der Waals surface area contributed by atoms with E-state index >= 15 is 4.39 Å². The van der Waals surface area contributed by atoms with Crippen molar-refractivity contribution in [2.75, 3.05) is 39.3 Å². The number of hydrogen-bond donors (Lipinski definition) is 1. The zero-order valence-corrected chi connectivity index (χ0v) is 21.1. The summed E-state index contributed by atoms with van der Waals surface area (Å²) >= 11 is 0. The zero-order valence-electron chi connectivity index (χ0n) is 21.1. The minimum absolute atomic E-state index is 0.148. The van der Waals surface area contributed by atoms with Crippen molar-refractivity contribution in [2.45, 2.75) is 62.8 Å². The van der Waals surface area contributed by atoms with Crippen molar-refractivity contribution in [1.29, 1.82) is 0 Å². The molecule has 3 unspecified atom stereocenters. The number of ether oxygens (including phenoxy) is 1.